The molecule has 1 aromatic carbocycles. The molecule has 108 valence electrons. The van der Waals surface area contributed by atoms with Gasteiger partial charge in [-0.25, -0.2) is 0 Å². The van der Waals surface area contributed by atoms with E-state index in [9.17, 15) is 0 Å². The molecule has 0 aliphatic heterocycles. The van der Waals surface area contributed by atoms with Crippen molar-refractivity contribution in [3.8, 4) is 0 Å². The molecule has 2 unspecified atom stereocenters. The summed E-state index contributed by atoms with van der Waals surface area (Å²) in [6, 6.07) is 8.83. The van der Waals surface area contributed by atoms with Crippen LogP contribution in [0.25, 0.3) is 0 Å². The van der Waals surface area contributed by atoms with Crippen LogP contribution in [0.15, 0.2) is 24.3 Å². The van der Waals surface area contributed by atoms with Crippen molar-refractivity contribution >= 4 is 0 Å². The smallest absolute Gasteiger partial charge is 0.0307 e. The van der Waals surface area contributed by atoms with E-state index in [0.717, 1.165) is 24.7 Å². The van der Waals surface area contributed by atoms with Crippen LogP contribution in [0.3, 0.4) is 0 Å². The van der Waals surface area contributed by atoms with Gasteiger partial charge in [-0.3, -0.25) is 0 Å². The average Bonchev–Trinajstić information content (AvgIpc) is 2.48. The fourth-order valence-corrected chi connectivity index (χ4v) is 2.94. The summed E-state index contributed by atoms with van der Waals surface area (Å²) in [6.45, 7) is 9.08. The Morgan fingerprint density at radius 3 is 1.74 bits per heavy atom. The minimum atomic E-state index is 1.02. The molecule has 0 aromatic heterocycles. The van der Waals surface area contributed by atoms with E-state index in [1.807, 2.05) is 0 Å². The van der Waals surface area contributed by atoms with Gasteiger partial charge < -0.3 is 0 Å². The van der Waals surface area contributed by atoms with Gasteiger partial charge in [0.2, 0.25) is 0 Å². The van der Waals surface area contributed by atoms with Gasteiger partial charge in [-0.05, 0) is 42.2 Å². The molecule has 0 spiro atoms. The van der Waals surface area contributed by atoms with Crippen LogP contribution in [-0.4, -0.2) is 0 Å². The van der Waals surface area contributed by atoms with Crippen LogP contribution in [0.2, 0.25) is 0 Å². The monoisotopic (exact) mass is 260 g/mol. The van der Waals surface area contributed by atoms with Crippen molar-refractivity contribution in [3.63, 3.8) is 0 Å². The lowest BCUT2D eigenvalue weighted by Crippen LogP contribution is -2.11. The van der Waals surface area contributed by atoms with Gasteiger partial charge >= 0.3 is 0 Å². The Morgan fingerprint density at radius 1 is 0.895 bits per heavy atom. The van der Waals surface area contributed by atoms with E-state index in [-0.39, 0.29) is 0 Å². The van der Waals surface area contributed by atoms with Gasteiger partial charge in [-0.15, -0.1) is 0 Å². The average molecular weight is 260 g/mol. The van der Waals surface area contributed by atoms with Crippen LogP contribution < -0.4 is 0 Å². The van der Waals surface area contributed by atoms with Gasteiger partial charge in [-0.2, -0.15) is 0 Å². The lowest BCUT2D eigenvalue weighted by Gasteiger charge is -2.25. The highest BCUT2D eigenvalue weighted by molar-refractivity contribution is 5.22. The lowest BCUT2D eigenvalue weighted by atomic mass is 9.81. The molecule has 0 amide bonds. The van der Waals surface area contributed by atoms with Crippen molar-refractivity contribution in [2.75, 3.05) is 0 Å². The second-order valence-electron chi connectivity index (χ2n) is 6.07. The highest BCUT2D eigenvalue weighted by atomic mass is 14.2. The SMILES string of the molecule is CCC1CCCC(C)C1.CCc1ccc(CC)cc1. The van der Waals surface area contributed by atoms with Crippen molar-refractivity contribution in [2.45, 2.75) is 72.6 Å². The zero-order valence-electron chi connectivity index (χ0n) is 13.4. The molecule has 0 bridgehead atoms. The normalized spacial score (nSPS) is 22.5. The third kappa shape index (κ3) is 6.27. The zero-order chi connectivity index (χ0) is 14.1. The zero-order valence-corrected chi connectivity index (χ0v) is 13.4. The topological polar surface area (TPSA) is 0 Å². The third-order valence-corrected chi connectivity index (χ3v) is 4.46. The van der Waals surface area contributed by atoms with Crippen molar-refractivity contribution in [1.82, 2.24) is 0 Å². The highest BCUT2D eigenvalue weighted by Gasteiger charge is 2.16. The Kier molecular flexibility index (Phi) is 7.86. The van der Waals surface area contributed by atoms with Crippen LogP contribution in [-0.2, 0) is 12.8 Å². The fourth-order valence-electron chi connectivity index (χ4n) is 2.94. The van der Waals surface area contributed by atoms with Crippen molar-refractivity contribution in [3.05, 3.63) is 35.4 Å². The number of hydrogen-bond donors (Lipinski definition) is 0. The predicted molar refractivity (Wildman–Crippen MR) is 86.6 cm³/mol. The molecule has 1 aliphatic carbocycles. The molecule has 1 aliphatic rings. The van der Waals surface area contributed by atoms with Crippen molar-refractivity contribution in [1.29, 1.82) is 0 Å². The Balaban J connectivity index is 0.000000191. The summed E-state index contributed by atoms with van der Waals surface area (Å²) in [5.74, 6) is 2.08. The van der Waals surface area contributed by atoms with E-state index in [0.29, 0.717) is 0 Å². The standard InChI is InChI=1S/C10H14.C9H18/c1-3-9-5-7-10(4-2)8-6-9;1-3-9-6-4-5-8(2)7-9/h5-8H,3-4H2,1-2H3;8-9H,3-7H2,1-2H3. The largest absolute Gasteiger partial charge is 0.0651 e. The van der Waals surface area contributed by atoms with Crippen molar-refractivity contribution in [2.24, 2.45) is 11.8 Å². The molecule has 0 heterocycles. The van der Waals surface area contributed by atoms with E-state index >= 15 is 0 Å². The first-order valence-electron chi connectivity index (χ1n) is 8.27. The summed E-state index contributed by atoms with van der Waals surface area (Å²) in [4.78, 5) is 0. The van der Waals surface area contributed by atoms with Crippen LogP contribution in [0, 0.1) is 11.8 Å². The Morgan fingerprint density at radius 2 is 1.42 bits per heavy atom. The Bertz CT molecular complexity index is 299. The van der Waals surface area contributed by atoms with Gasteiger partial charge in [0.15, 0.2) is 0 Å². The molecule has 2 atom stereocenters. The summed E-state index contributed by atoms with van der Waals surface area (Å²) < 4.78 is 0. The summed E-state index contributed by atoms with van der Waals surface area (Å²) in [5.41, 5.74) is 2.86. The number of benzene rings is 1. The minimum absolute atomic E-state index is 1.02. The summed E-state index contributed by atoms with van der Waals surface area (Å²) in [5, 5.41) is 0. The summed E-state index contributed by atoms with van der Waals surface area (Å²) in [7, 11) is 0. The molecule has 1 fully saturated rings. The second kappa shape index (κ2) is 9.18. The van der Waals surface area contributed by atoms with Crippen LogP contribution in [0.5, 0.6) is 0 Å². The van der Waals surface area contributed by atoms with E-state index in [1.165, 1.54) is 43.2 Å². The van der Waals surface area contributed by atoms with Gasteiger partial charge in [0.05, 0.1) is 0 Å². The van der Waals surface area contributed by atoms with Gasteiger partial charge in [-0.1, -0.05) is 77.6 Å². The highest BCUT2D eigenvalue weighted by Crippen LogP contribution is 2.30. The molecular weight excluding hydrogens is 228 g/mol. The van der Waals surface area contributed by atoms with E-state index < -0.39 is 0 Å². The van der Waals surface area contributed by atoms with Crippen molar-refractivity contribution < 1.29 is 0 Å². The second-order valence-corrected chi connectivity index (χ2v) is 6.07. The van der Waals surface area contributed by atoms with Gasteiger partial charge in [0.25, 0.3) is 0 Å². The maximum Gasteiger partial charge on any atom is -0.0307 e. The van der Waals surface area contributed by atoms with Gasteiger partial charge in [0.1, 0.15) is 0 Å². The molecule has 2 rings (SSSR count). The predicted octanol–water partition coefficient (Wildman–Crippen LogP) is 6.03. The molecule has 0 saturated heterocycles. The molecule has 0 nitrogen and oxygen atoms in total. The summed E-state index contributed by atoms with van der Waals surface area (Å²) in [6.07, 6.45) is 9.66. The number of hydrogen-bond acceptors (Lipinski definition) is 0. The number of rotatable bonds is 3. The van der Waals surface area contributed by atoms with E-state index in [4.69, 9.17) is 0 Å². The molecule has 0 N–H and O–H groups in total. The Hall–Kier alpha value is -0.780. The van der Waals surface area contributed by atoms with Crippen LogP contribution in [0.4, 0.5) is 0 Å². The minimum Gasteiger partial charge on any atom is -0.0651 e. The number of aryl methyl sites for hydroxylation is 2. The van der Waals surface area contributed by atoms with E-state index in [2.05, 4.69) is 52.0 Å². The lowest BCUT2D eigenvalue weighted by molar-refractivity contribution is 0.276. The molecule has 1 saturated carbocycles. The quantitative estimate of drug-likeness (QED) is 0.622. The Labute approximate surface area is 120 Å². The molecule has 19 heavy (non-hydrogen) atoms. The first-order chi connectivity index (χ1) is 9.19. The summed E-state index contributed by atoms with van der Waals surface area (Å²) >= 11 is 0. The first-order valence-corrected chi connectivity index (χ1v) is 8.27. The third-order valence-electron chi connectivity index (χ3n) is 4.46. The molecular formula is C19H32. The first kappa shape index (κ1) is 16.3. The molecule has 0 radical (unpaired) electrons. The van der Waals surface area contributed by atoms with E-state index in [1.54, 1.807) is 0 Å². The fraction of sp³-hybridized carbons (Fsp3) is 0.684. The van der Waals surface area contributed by atoms with Crippen LogP contribution >= 0.6 is 0 Å². The molecule has 0 heteroatoms. The van der Waals surface area contributed by atoms with Gasteiger partial charge in [0, 0.05) is 0 Å². The maximum atomic E-state index is 2.39. The van der Waals surface area contributed by atoms with Crippen LogP contribution in [0.1, 0.15) is 70.9 Å². The molecule has 1 aromatic rings. The maximum absolute atomic E-state index is 2.39.